The molecule has 1 aliphatic rings. The van der Waals surface area contributed by atoms with Gasteiger partial charge in [0.2, 0.25) is 0 Å². The van der Waals surface area contributed by atoms with E-state index in [4.69, 9.17) is 4.98 Å². The Balaban J connectivity index is 1.63. The molecule has 0 bridgehead atoms. The Hall–Kier alpha value is -3.04. The van der Waals surface area contributed by atoms with E-state index < -0.39 is 9.84 Å². The third-order valence-electron chi connectivity index (χ3n) is 5.99. The van der Waals surface area contributed by atoms with Crippen LogP contribution in [0.5, 0.6) is 0 Å². The Labute approximate surface area is 196 Å². The van der Waals surface area contributed by atoms with Crippen LogP contribution >= 0.6 is 11.3 Å². The third kappa shape index (κ3) is 4.30. The van der Waals surface area contributed by atoms with Crippen LogP contribution in [0.15, 0.2) is 47.8 Å². The number of aryl methyl sites for hydroxylation is 2. The number of carbonyl (C=O) groups is 1. The van der Waals surface area contributed by atoms with Gasteiger partial charge in [-0.2, -0.15) is 5.10 Å². The van der Waals surface area contributed by atoms with Gasteiger partial charge < -0.3 is 5.32 Å². The minimum atomic E-state index is -3.10. The van der Waals surface area contributed by atoms with Crippen LogP contribution in [0, 0.1) is 13.8 Å². The van der Waals surface area contributed by atoms with Crippen molar-refractivity contribution in [2.75, 3.05) is 11.5 Å². The Bertz CT molecular complexity index is 1440. The van der Waals surface area contributed by atoms with E-state index in [0.29, 0.717) is 41.0 Å². The summed E-state index contributed by atoms with van der Waals surface area (Å²) < 4.78 is 26.0. The van der Waals surface area contributed by atoms with Gasteiger partial charge in [0.15, 0.2) is 15.5 Å². The van der Waals surface area contributed by atoms with Gasteiger partial charge in [-0.1, -0.05) is 35.9 Å². The number of nitrogens with zero attached hydrogens (tertiary/aromatic N) is 3. The number of hydrogen-bond acceptors (Lipinski definition) is 6. The fourth-order valence-electron chi connectivity index (χ4n) is 4.26. The SMILES string of the molecule is Cc1ccc(-c2cc(C(=O)NCc3cccs3)c3c(C)nn([C@H]4CCS(=O)(=O)C4)c3n2)cc1. The average molecular weight is 481 g/mol. The Morgan fingerprint density at radius 3 is 2.67 bits per heavy atom. The highest BCUT2D eigenvalue weighted by atomic mass is 32.2. The second-order valence-corrected chi connectivity index (χ2v) is 11.7. The summed E-state index contributed by atoms with van der Waals surface area (Å²) in [5.74, 6) is -0.0189. The van der Waals surface area contributed by atoms with E-state index in [1.165, 1.54) is 0 Å². The van der Waals surface area contributed by atoms with Crippen molar-refractivity contribution >= 4 is 38.1 Å². The standard InChI is InChI=1S/C24H24N4O3S2/c1-15-5-7-17(8-6-15)21-12-20(24(29)25-13-19-4-3-10-32-19)22-16(2)27-28(23(22)26-21)18-9-11-33(30,31)14-18/h3-8,10,12,18H,9,11,13-14H2,1-2H3,(H,25,29)/t18-/m0/s1. The number of nitrogens with one attached hydrogen (secondary N) is 1. The Morgan fingerprint density at radius 2 is 2.00 bits per heavy atom. The molecule has 0 unspecified atom stereocenters. The van der Waals surface area contributed by atoms with Crippen molar-refractivity contribution in [3.8, 4) is 11.3 Å². The van der Waals surface area contributed by atoms with Crippen molar-refractivity contribution < 1.29 is 13.2 Å². The topological polar surface area (TPSA) is 94.0 Å². The van der Waals surface area contributed by atoms with E-state index in [1.54, 1.807) is 22.1 Å². The zero-order chi connectivity index (χ0) is 23.2. The van der Waals surface area contributed by atoms with Crippen LogP contribution < -0.4 is 5.32 Å². The molecule has 1 aromatic carbocycles. The molecule has 1 saturated heterocycles. The highest BCUT2D eigenvalue weighted by Crippen LogP contribution is 2.32. The van der Waals surface area contributed by atoms with Gasteiger partial charge in [0, 0.05) is 10.4 Å². The first-order valence-electron chi connectivity index (χ1n) is 10.8. The van der Waals surface area contributed by atoms with Gasteiger partial charge in [-0.25, -0.2) is 18.1 Å². The maximum Gasteiger partial charge on any atom is 0.252 e. The van der Waals surface area contributed by atoms with E-state index in [9.17, 15) is 13.2 Å². The highest BCUT2D eigenvalue weighted by Gasteiger charge is 2.32. The molecule has 170 valence electrons. The van der Waals surface area contributed by atoms with E-state index in [0.717, 1.165) is 16.0 Å². The second-order valence-electron chi connectivity index (χ2n) is 8.47. The maximum absolute atomic E-state index is 13.3. The van der Waals surface area contributed by atoms with Gasteiger partial charge >= 0.3 is 0 Å². The molecule has 4 aromatic rings. The largest absolute Gasteiger partial charge is 0.347 e. The number of sulfone groups is 1. The third-order valence-corrected chi connectivity index (χ3v) is 8.61. The van der Waals surface area contributed by atoms with Crippen LogP contribution in [0.25, 0.3) is 22.3 Å². The molecular weight excluding hydrogens is 456 g/mol. The zero-order valence-corrected chi connectivity index (χ0v) is 20.0. The molecule has 1 aliphatic heterocycles. The summed E-state index contributed by atoms with van der Waals surface area (Å²) in [4.78, 5) is 19.2. The molecule has 5 rings (SSSR count). The van der Waals surface area contributed by atoms with E-state index in [2.05, 4.69) is 10.4 Å². The molecular formula is C24H24N4O3S2. The monoisotopic (exact) mass is 480 g/mol. The van der Waals surface area contributed by atoms with Crippen LogP contribution in [0.3, 0.4) is 0 Å². The quantitative estimate of drug-likeness (QED) is 0.465. The molecule has 0 saturated carbocycles. The average Bonchev–Trinajstić information content (AvgIpc) is 3.51. The number of fused-ring (bicyclic) bond motifs is 1. The number of thiophene rings is 1. The highest BCUT2D eigenvalue weighted by molar-refractivity contribution is 7.91. The predicted molar refractivity (Wildman–Crippen MR) is 130 cm³/mol. The molecule has 1 atom stereocenters. The van der Waals surface area contributed by atoms with E-state index in [-0.39, 0.29) is 23.5 Å². The summed E-state index contributed by atoms with van der Waals surface area (Å²) in [6.45, 7) is 4.29. The molecule has 1 N–H and O–H groups in total. The van der Waals surface area contributed by atoms with Crippen molar-refractivity contribution in [1.29, 1.82) is 0 Å². The fraction of sp³-hybridized carbons (Fsp3) is 0.292. The number of benzene rings is 1. The number of aromatic nitrogens is 3. The number of hydrogen-bond donors (Lipinski definition) is 1. The van der Waals surface area contributed by atoms with Gasteiger partial charge in [-0.05, 0) is 37.8 Å². The number of carbonyl (C=O) groups excluding carboxylic acids is 1. The molecule has 1 amide bonds. The van der Waals surface area contributed by atoms with Gasteiger partial charge in [0.25, 0.3) is 5.91 Å². The van der Waals surface area contributed by atoms with Gasteiger partial charge in [-0.3, -0.25) is 4.79 Å². The summed E-state index contributed by atoms with van der Waals surface area (Å²) in [7, 11) is -3.10. The van der Waals surface area contributed by atoms with E-state index in [1.807, 2.05) is 55.6 Å². The van der Waals surface area contributed by atoms with Crippen molar-refractivity contribution in [2.24, 2.45) is 0 Å². The summed E-state index contributed by atoms with van der Waals surface area (Å²) in [6, 6.07) is 13.4. The molecule has 0 radical (unpaired) electrons. The lowest BCUT2D eigenvalue weighted by Crippen LogP contribution is -2.23. The first kappa shape index (κ1) is 21.8. The lowest BCUT2D eigenvalue weighted by atomic mass is 10.0. The lowest BCUT2D eigenvalue weighted by molar-refractivity contribution is 0.0953. The fourth-order valence-corrected chi connectivity index (χ4v) is 6.60. The smallest absolute Gasteiger partial charge is 0.252 e. The van der Waals surface area contributed by atoms with Crippen molar-refractivity contribution in [2.45, 2.75) is 32.9 Å². The predicted octanol–water partition coefficient (Wildman–Crippen LogP) is 4.07. The molecule has 1 fully saturated rings. The molecule has 33 heavy (non-hydrogen) atoms. The summed E-state index contributed by atoms with van der Waals surface area (Å²) >= 11 is 1.59. The normalized spacial score (nSPS) is 17.5. The molecule has 7 nitrogen and oxygen atoms in total. The van der Waals surface area contributed by atoms with Gasteiger partial charge in [0.05, 0.1) is 46.4 Å². The number of rotatable bonds is 5. The van der Waals surface area contributed by atoms with Crippen molar-refractivity contribution in [1.82, 2.24) is 20.1 Å². The zero-order valence-electron chi connectivity index (χ0n) is 18.4. The molecule has 9 heteroatoms. The molecule has 0 spiro atoms. The van der Waals surface area contributed by atoms with Crippen molar-refractivity contribution in [3.63, 3.8) is 0 Å². The number of amides is 1. The van der Waals surface area contributed by atoms with E-state index >= 15 is 0 Å². The van der Waals surface area contributed by atoms with Crippen LogP contribution in [0.1, 0.15) is 39.0 Å². The first-order valence-corrected chi connectivity index (χ1v) is 13.5. The first-order chi connectivity index (χ1) is 15.8. The summed E-state index contributed by atoms with van der Waals surface area (Å²) in [6.07, 6.45) is 0.495. The molecule has 0 aliphatic carbocycles. The van der Waals surface area contributed by atoms with Gasteiger partial charge in [-0.15, -0.1) is 11.3 Å². The minimum Gasteiger partial charge on any atom is -0.347 e. The Morgan fingerprint density at radius 1 is 1.21 bits per heavy atom. The Kier molecular flexibility index (Phi) is 5.54. The maximum atomic E-state index is 13.3. The van der Waals surface area contributed by atoms with Crippen LogP contribution in [0.4, 0.5) is 0 Å². The summed E-state index contributed by atoms with van der Waals surface area (Å²) in [5.41, 5.74) is 4.39. The van der Waals surface area contributed by atoms with Crippen molar-refractivity contribution in [3.05, 3.63) is 69.5 Å². The van der Waals surface area contributed by atoms with Gasteiger partial charge in [0.1, 0.15) is 0 Å². The minimum absolute atomic E-state index is 0.0412. The molecule has 4 heterocycles. The molecule has 3 aromatic heterocycles. The van der Waals surface area contributed by atoms with Crippen LogP contribution in [-0.2, 0) is 16.4 Å². The second kappa shape index (κ2) is 8.39. The van der Waals surface area contributed by atoms with Crippen LogP contribution in [0.2, 0.25) is 0 Å². The number of pyridine rings is 1. The lowest BCUT2D eigenvalue weighted by Gasteiger charge is -2.12. The van der Waals surface area contributed by atoms with Crippen LogP contribution in [-0.4, -0.2) is 40.6 Å². The summed E-state index contributed by atoms with van der Waals surface area (Å²) in [5, 5.41) is 10.3.